The number of halogens is 1. The number of quaternary nitrogens is 1. The van der Waals surface area contributed by atoms with E-state index in [1.807, 2.05) is 18.2 Å². The minimum absolute atomic E-state index is 0. The van der Waals surface area contributed by atoms with Crippen LogP contribution in [0, 0.1) is 5.41 Å². The molecular weight excluding hydrogens is 280 g/mol. The van der Waals surface area contributed by atoms with Crippen molar-refractivity contribution in [3.63, 3.8) is 0 Å². The molecule has 0 radical (unpaired) electrons. The van der Waals surface area contributed by atoms with Crippen molar-refractivity contribution in [2.45, 2.75) is 32.9 Å². The number of benzene rings is 1. The summed E-state index contributed by atoms with van der Waals surface area (Å²) in [6, 6.07) is 7.52. The van der Waals surface area contributed by atoms with Gasteiger partial charge in [0.1, 0.15) is 6.04 Å². The Balaban J connectivity index is 0.00000361. The Morgan fingerprint density at radius 2 is 1.70 bits per heavy atom. The van der Waals surface area contributed by atoms with Crippen LogP contribution in [0.2, 0.25) is 0 Å². The van der Waals surface area contributed by atoms with Crippen molar-refractivity contribution in [1.29, 1.82) is 0 Å². The fourth-order valence-electron chi connectivity index (χ4n) is 1.73. The number of rotatable bonds is 4. The van der Waals surface area contributed by atoms with Gasteiger partial charge >= 0.3 is 5.97 Å². The van der Waals surface area contributed by atoms with Crippen LogP contribution in [0.15, 0.2) is 30.3 Å². The van der Waals surface area contributed by atoms with E-state index in [1.54, 1.807) is 32.9 Å². The van der Waals surface area contributed by atoms with E-state index in [4.69, 9.17) is 0 Å². The number of aliphatic carboxylic acids is 1. The summed E-state index contributed by atoms with van der Waals surface area (Å²) in [4.78, 5) is 23.3. The molecule has 6 heteroatoms. The summed E-state index contributed by atoms with van der Waals surface area (Å²) in [6.45, 7) is 5.31. The molecule has 20 heavy (non-hydrogen) atoms. The maximum atomic E-state index is 12.1. The number of carbonyl (C=O) groups excluding carboxylic acids is 1. The molecule has 0 aromatic heterocycles. The molecule has 0 unspecified atom stereocenters. The van der Waals surface area contributed by atoms with Crippen molar-refractivity contribution >= 4 is 11.9 Å². The highest BCUT2D eigenvalue weighted by Gasteiger charge is 2.34. The van der Waals surface area contributed by atoms with Gasteiger partial charge in [0.05, 0.1) is 0 Å². The predicted molar refractivity (Wildman–Crippen MR) is 71.1 cm³/mol. The SMILES string of the molecule is CC(C)(C)[C@H](NC(=O)[C@@H]([NH3+])c1ccccc1)C(=O)O.[Cl-]. The maximum Gasteiger partial charge on any atom is 0.326 e. The van der Waals surface area contributed by atoms with Crippen LogP contribution in [0.3, 0.4) is 0 Å². The van der Waals surface area contributed by atoms with Gasteiger partial charge in [-0.05, 0) is 5.41 Å². The summed E-state index contributed by atoms with van der Waals surface area (Å²) < 4.78 is 0. The van der Waals surface area contributed by atoms with Gasteiger partial charge in [-0.2, -0.15) is 0 Å². The molecule has 0 bridgehead atoms. The molecule has 0 aliphatic carbocycles. The molecule has 1 rings (SSSR count). The molecule has 0 fully saturated rings. The van der Waals surface area contributed by atoms with Gasteiger partial charge in [-0.25, -0.2) is 4.79 Å². The summed E-state index contributed by atoms with van der Waals surface area (Å²) in [5.74, 6) is -1.42. The molecule has 0 aliphatic rings. The third-order valence-electron chi connectivity index (χ3n) is 2.92. The summed E-state index contributed by atoms with van der Waals surface area (Å²) in [5.41, 5.74) is 4.00. The standard InChI is InChI=1S/C14H20N2O3.ClH/c1-14(2,3)11(13(18)19)16-12(17)10(15)9-7-5-4-6-8-9;/h4-8,10-11H,15H2,1-3H3,(H,16,17)(H,18,19);1H/t10-,11+;/m0./s1. The van der Waals surface area contributed by atoms with Crippen molar-refractivity contribution < 1.29 is 32.8 Å². The Morgan fingerprint density at radius 3 is 2.10 bits per heavy atom. The van der Waals surface area contributed by atoms with Crippen molar-refractivity contribution in [3.8, 4) is 0 Å². The van der Waals surface area contributed by atoms with Gasteiger partial charge < -0.3 is 28.6 Å². The molecular formula is C14H21ClN2O3. The molecule has 1 aromatic rings. The fourth-order valence-corrected chi connectivity index (χ4v) is 1.73. The van der Waals surface area contributed by atoms with Crippen molar-refractivity contribution in [3.05, 3.63) is 35.9 Å². The highest BCUT2D eigenvalue weighted by molar-refractivity contribution is 5.87. The van der Waals surface area contributed by atoms with Gasteiger partial charge in [0, 0.05) is 5.56 Å². The van der Waals surface area contributed by atoms with Crippen LogP contribution in [0.5, 0.6) is 0 Å². The topological polar surface area (TPSA) is 94.0 Å². The number of hydrogen-bond donors (Lipinski definition) is 3. The quantitative estimate of drug-likeness (QED) is 0.578. The minimum atomic E-state index is -1.04. The van der Waals surface area contributed by atoms with Crippen molar-refractivity contribution in [2.75, 3.05) is 0 Å². The van der Waals surface area contributed by atoms with E-state index in [0.29, 0.717) is 0 Å². The second-order valence-electron chi connectivity index (χ2n) is 5.61. The van der Waals surface area contributed by atoms with E-state index in [1.165, 1.54) is 0 Å². The lowest BCUT2D eigenvalue weighted by Crippen LogP contribution is -3.00. The summed E-state index contributed by atoms with van der Waals surface area (Å²) in [5, 5.41) is 11.7. The molecule has 5 nitrogen and oxygen atoms in total. The Morgan fingerprint density at radius 1 is 1.20 bits per heavy atom. The zero-order valence-corrected chi connectivity index (χ0v) is 12.6. The van der Waals surface area contributed by atoms with Gasteiger partial charge in [-0.1, -0.05) is 51.1 Å². The first-order valence-corrected chi connectivity index (χ1v) is 6.14. The van der Waals surface area contributed by atoms with Gasteiger partial charge in [0.15, 0.2) is 6.04 Å². The largest absolute Gasteiger partial charge is 1.00 e. The second-order valence-corrected chi connectivity index (χ2v) is 5.61. The first-order valence-electron chi connectivity index (χ1n) is 6.14. The Kier molecular flexibility index (Phi) is 6.68. The number of amides is 1. The molecule has 112 valence electrons. The first kappa shape index (κ1) is 18.4. The summed E-state index contributed by atoms with van der Waals surface area (Å²) in [6.07, 6.45) is 0. The van der Waals surface area contributed by atoms with E-state index in [9.17, 15) is 14.7 Å². The lowest BCUT2D eigenvalue weighted by atomic mass is 9.86. The van der Waals surface area contributed by atoms with Gasteiger partial charge in [-0.15, -0.1) is 0 Å². The predicted octanol–water partition coefficient (Wildman–Crippen LogP) is -2.41. The van der Waals surface area contributed by atoms with Crippen LogP contribution in [0.4, 0.5) is 0 Å². The summed E-state index contributed by atoms with van der Waals surface area (Å²) >= 11 is 0. The van der Waals surface area contributed by atoms with E-state index in [-0.39, 0.29) is 18.3 Å². The minimum Gasteiger partial charge on any atom is -1.00 e. The number of nitrogens with one attached hydrogen (secondary N) is 1. The van der Waals surface area contributed by atoms with Crippen LogP contribution in [-0.2, 0) is 9.59 Å². The highest BCUT2D eigenvalue weighted by atomic mass is 35.5. The fraction of sp³-hybridized carbons (Fsp3) is 0.429. The zero-order chi connectivity index (χ0) is 14.6. The lowest BCUT2D eigenvalue weighted by Gasteiger charge is -2.28. The summed E-state index contributed by atoms with van der Waals surface area (Å²) in [7, 11) is 0. The molecule has 0 aliphatic heterocycles. The Bertz CT molecular complexity index is 457. The Labute approximate surface area is 125 Å². The van der Waals surface area contributed by atoms with Gasteiger partial charge in [0.2, 0.25) is 0 Å². The van der Waals surface area contributed by atoms with Crippen LogP contribution >= 0.6 is 0 Å². The Hall–Kier alpha value is -1.59. The molecule has 5 N–H and O–H groups in total. The van der Waals surface area contributed by atoms with E-state index in [0.717, 1.165) is 5.56 Å². The second kappa shape index (κ2) is 7.26. The molecule has 1 amide bonds. The number of carbonyl (C=O) groups is 2. The van der Waals surface area contributed by atoms with Crippen molar-refractivity contribution in [1.82, 2.24) is 5.32 Å². The number of hydrogen-bond acceptors (Lipinski definition) is 2. The van der Waals surface area contributed by atoms with Crippen LogP contribution in [0.1, 0.15) is 32.4 Å². The third-order valence-corrected chi connectivity index (χ3v) is 2.92. The number of carboxylic acids is 1. The molecule has 0 saturated carbocycles. The van der Waals surface area contributed by atoms with E-state index in [2.05, 4.69) is 11.1 Å². The van der Waals surface area contributed by atoms with Crippen LogP contribution < -0.4 is 23.5 Å². The third kappa shape index (κ3) is 4.83. The zero-order valence-electron chi connectivity index (χ0n) is 11.9. The maximum absolute atomic E-state index is 12.1. The number of carboxylic acid groups (broad SMARTS) is 1. The smallest absolute Gasteiger partial charge is 0.326 e. The average molecular weight is 301 g/mol. The molecule has 0 heterocycles. The van der Waals surface area contributed by atoms with E-state index < -0.39 is 23.5 Å². The van der Waals surface area contributed by atoms with Crippen molar-refractivity contribution in [2.24, 2.45) is 5.41 Å². The van der Waals surface area contributed by atoms with Gasteiger partial charge in [0.25, 0.3) is 5.91 Å². The molecule has 1 aromatic carbocycles. The average Bonchev–Trinajstić information content (AvgIpc) is 2.34. The highest BCUT2D eigenvalue weighted by Crippen LogP contribution is 2.20. The van der Waals surface area contributed by atoms with Crippen LogP contribution in [-0.4, -0.2) is 23.0 Å². The van der Waals surface area contributed by atoms with E-state index >= 15 is 0 Å². The first-order chi connectivity index (χ1) is 8.73. The van der Waals surface area contributed by atoms with Gasteiger partial charge in [-0.3, -0.25) is 4.79 Å². The lowest BCUT2D eigenvalue weighted by molar-refractivity contribution is -0.409. The normalized spacial score (nSPS) is 13.8. The molecule has 0 saturated heterocycles. The van der Waals surface area contributed by atoms with Crippen LogP contribution in [0.25, 0.3) is 0 Å². The molecule has 2 atom stereocenters. The monoisotopic (exact) mass is 300 g/mol. The molecule has 0 spiro atoms.